The van der Waals surface area contributed by atoms with Crippen molar-refractivity contribution < 1.29 is 18.0 Å². The molecule has 0 atom stereocenters. The van der Waals surface area contributed by atoms with Crippen LogP contribution in [0, 0.1) is 0 Å². The monoisotopic (exact) mass is 319 g/mol. The van der Waals surface area contributed by atoms with Crippen molar-refractivity contribution in [2.45, 2.75) is 12.7 Å². The zero-order valence-electron chi connectivity index (χ0n) is 11.8. The number of hydrogen-bond acceptors (Lipinski definition) is 2. The highest BCUT2D eigenvalue weighted by Gasteiger charge is 2.30. The maximum absolute atomic E-state index is 12.7. The molecule has 7 heteroatoms. The quantitative estimate of drug-likeness (QED) is 0.805. The van der Waals surface area contributed by atoms with Gasteiger partial charge in [-0.15, -0.1) is 0 Å². The molecule has 0 unspecified atom stereocenters. The lowest BCUT2D eigenvalue weighted by atomic mass is 10.1. The van der Waals surface area contributed by atoms with Crippen LogP contribution < -0.4 is 5.32 Å². The first-order valence-electron chi connectivity index (χ1n) is 6.81. The van der Waals surface area contributed by atoms with E-state index in [1.54, 1.807) is 28.8 Å². The van der Waals surface area contributed by atoms with E-state index in [4.69, 9.17) is 0 Å². The number of carbonyl (C=O) groups excluding carboxylic acids is 1. The third-order valence-electron chi connectivity index (χ3n) is 3.36. The Hall–Kier alpha value is -2.83. The maximum atomic E-state index is 12.7. The van der Waals surface area contributed by atoms with Crippen LogP contribution >= 0.6 is 0 Å². The van der Waals surface area contributed by atoms with E-state index in [2.05, 4.69) is 10.3 Å². The molecule has 0 radical (unpaired) electrons. The van der Waals surface area contributed by atoms with Gasteiger partial charge in [-0.05, 0) is 29.8 Å². The van der Waals surface area contributed by atoms with E-state index >= 15 is 0 Å². The average Bonchev–Trinajstić information content (AvgIpc) is 2.96. The Morgan fingerprint density at radius 2 is 2.00 bits per heavy atom. The van der Waals surface area contributed by atoms with Gasteiger partial charge in [0.25, 0.3) is 5.91 Å². The third kappa shape index (κ3) is 3.18. The molecule has 0 saturated carbocycles. The zero-order chi connectivity index (χ0) is 16.4. The summed E-state index contributed by atoms with van der Waals surface area (Å²) < 4.78 is 39.6. The molecule has 118 valence electrons. The molecule has 2 heterocycles. The molecule has 3 aromatic rings. The molecule has 23 heavy (non-hydrogen) atoms. The SMILES string of the molecule is O=C(NCc1cccc(C(F)(F)F)c1)c1cnc2ccccn12. The predicted molar refractivity (Wildman–Crippen MR) is 77.8 cm³/mol. The van der Waals surface area contributed by atoms with Gasteiger partial charge in [0.2, 0.25) is 0 Å². The van der Waals surface area contributed by atoms with Gasteiger partial charge < -0.3 is 5.32 Å². The van der Waals surface area contributed by atoms with E-state index < -0.39 is 17.6 Å². The summed E-state index contributed by atoms with van der Waals surface area (Å²) in [4.78, 5) is 16.3. The fourth-order valence-corrected chi connectivity index (χ4v) is 2.23. The average molecular weight is 319 g/mol. The van der Waals surface area contributed by atoms with E-state index in [0.29, 0.717) is 16.9 Å². The number of imidazole rings is 1. The Morgan fingerprint density at radius 1 is 1.17 bits per heavy atom. The van der Waals surface area contributed by atoms with E-state index in [1.165, 1.54) is 18.3 Å². The minimum absolute atomic E-state index is 0.00280. The summed E-state index contributed by atoms with van der Waals surface area (Å²) in [5, 5.41) is 2.61. The van der Waals surface area contributed by atoms with Gasteiger partial charge in [-0.1, -0.05) is 18.2 Å². The van der Waals surface area contributed by atoms with Gasteiger partial charge in [-0.25, -0.2) is 4.98 Å². The van der Waals surface area contributed by atoms with Gasteiger partial charge in [-0.3, -0.25) is 9.20 Å². The minimum Gasteiger partial charge on any atom is -0.347 e. The number of benzene rings is 1. The first-order chi connectivity index (χ1) is 10.9. The van der Waals surface area contributed by atoms with Crippen LogP contribution in [0.1, 0.15) is 21.6 Å². The van der Waals surface area contributed by atoms with E-state index in [-0.39, 0.29) is 6.54 Å². The van der Waals surface area contributed by atoms with Crippen LogP contribution in [0.15, 0.2) is 54.9 Å². The second-order valence-corrected chi connectivity index (χ2v) is 4.95. The molecule has 1 aromatic carbocycles. The molecule has 0 aliphatic rings. The molecule has 0 bridgehead atoms. The molecule has 1 amide bonds. The zero-order valence-corrected chi connectivity index (χ0v) is 11.8. The smallest absolute Gasteiger partial charge is 0.347 e. The van der Waals surface area contributed by atoms with Gasteiger partial charge in [0, 0.05) is 12.7 Å². The van der Waals surface area contributed by atoms with Crippen molar-refractivity contribution in [2.24, 2.45) is 0 Å². The van der Waals surface area contributed by atoms with Crippen LogP contribution in [0.2, 0.25) is 0 Å². The van der Waals surface area contributed by atoms with Crippen LogP contribution in [0.5, 0.6) is 0 Å². The molecular weight excluding hydrogens is 307 g/mol. The van der Waals surface area contributed by atoms with E-state index in [0.717, 1.165) is 12.1 Å². The summed E-state index contributed by atoms with van der Waals surface area (Å²) in [7, 11) is 0. The van der Waals surface area contributed by atoms with Crippen LogP contribution in [-0.4, -0.2) is 15.3 Å². The molecule has 0 aliphatic carbocycles. The first-order valence-corrected chi connectivity index (χ1v) is 6.81. The van der Waals surface area contributed by atoms with E-state index in [9.17, 15) is 18.0 Å². The molecule has 3 rings (SSSR count). The standard InChI is InChI=1S/C16H12F3N3O/c17-16(18,19)12-5-3-4-11(8-12)9-21-15(23)13-10-20-14-6-1-2-7-22(13)14/h1-8,10H,9H2,(H,21,23). The first kappa shape index (κ1) is 15.1. The van der Waals surface area contributed by atoms with Crippen molar-refractivity contribution >= 4 is 11.6 Å². The summed E-state index contributed by atoms with van der Waals surface area (Å²) in [6.45, 7) is 0.00280. The number of alkyl halides is 3. The molecule has 0 fully saturated rings. The van der Waals surface area contributed by atoms with Gasteiger partial charge in [0.1, 0.15) is 11.3 Å². The van der Waals surface area contributed by atoms with Crippen molar-refractivity contribution in [3.05, 3.63) is 71.7 Å². The molecule has 0 saturated heterocycles. The highest BCUT2D eigenvalue weighted by Crippen LogP contribution is 2.29. The number of fused-ring (bicyclic) bond motifs is 1. The van der Waals surface area contributed by atoms with Gasteiger partial charge in [0.15, 0.2) is 0 Å². The molecule has 0 spiro atoms. The molecule has 2 aromatic heterocycles. The van der Waals surface area contributed by atoms with Gasteiger partial charge >= 0.3 is 6.18 Å². The lowest BCUT2D eigenvalue weighted by Crippen LogP contribution is -2.24. The van der Waals surface area contributed by atoms with E-state index in [1.807, 2.05) is 0 Å². The van der Waals surface area contributed by atoms with Crippen LogP contribution in [0.25, 0.3) is 5.65 Å². The molecule has 4 nitrogen and oxygen atoms in total. The summed E-state index contributed by atoms with van der Waals surface area (Å²) in [6, 6.07) is 10.2. The van der Waals surface area contributed by atoms with Crippen LogP contribution in [0.3, 0.4) is 0 Å². The van der Waals surface area contributed by atoms with Gasteiger partial charge in [-0.2, -0.15) is 13.2 Å². The fourth-order valence-electron chi connectivity index (χ4n) is 2.23. The fraction of sp³-hybridized carbons (Fsp3) is 0.125. The summed E-state index contributed by atoms with van der Waals surface area (Å²) in [6.07, 6.45) is -1.28. The number of nitrogens with zero attached hydrogens (tertiary/aromatic N) is 2. The van der Waals surface area contributed by atoms with Crippen LogP contribution in [-0.2, 0) is 12.7 Å². The Balaban J connectivity index is 1.75. The topological polar surface area (TPSA) is 46.4 Å². The lowest BCUT2D eigenvalue weighted by molar-refractivity contribution is -0.137. The summed E-state index contributed by atoms with van der Waals surface area (Å²) in [5.41, 5.74) is 0.588. The molecule has 0 aliphatic heterocycles. The number of pyridine rings is 1. The molecular formula is C16H12F3N3O. The van der Waals surface area contributed by atoms with Crippen molar-refractivity contribution in [2.75, 3.05) is 0 Å². The number of amides is 1. The second-order valence-electron chi connectivity index (χ2n) is 4.95. The van der Waals surface area contributed by atoms with Crippen molar-refractivity contribution in [1.29, 1.82) is 0 Å². The number of hydrogen-bond donors (Lipinski definition) is 1. The number of nitrogens with one attached hydrogen (secondary N) is 1. The molecule has 1 N–H and O–H groups in total. The summed E-state index contributed by atoms with van der Waals surface area (Å²) in [5.74, 6) is -0.402. The van der Waals surface area contributed by atoms with Gasteiger partial charge in [0.05, 0.1) is 11.8 Å². The Kier molecular flexibility index (Phi) is 3.77. The highest BCUT2D eigenvalue weighted by atomic mass is 19.4. The summed E-state index contributed by atoms with van der Waals surface area (Å²) >= 11 is 0. The van der Waals surface area contributed by atoms with Crippen molar-refractivity contribution in [1.82, 2.24) is 14.7 Å². The van der Waals surface area contributed by atoms with Crippen LogP contribution in [0.4, 0.5) is 13.2 Å². The normalized spacial score (nSPS) is 11.6. The number of halogens is 3. The highest BCUT2D eigenvalue weighted by molar-refractivity contribution is 5.93. The predicted octanol–water partition coefficient (Wildman–Crippen LogP) is 3.28. The van der Waals surface area contributed by atoms with Crippen molar-refractivity contribution in [3.63, 3.8) is 0 Å². The number of rotatable bonds is 3. The van der Waals surface area contributed by atoms with Crippen molar-refractivity contribution in [3.8, 4) is 0 Å². The number of carbonyl (C=O) groups is 1. The third-order valence-corrected chi connectivity index (χ3v) is 3.36. The largest absolute Gasteiger partial charge is 0.416 e. The maximum Gasteiger partial charge on any atom is 0.416 e. The Bertz CT molecular complexity index is 855. The minimum atomic E-state index is -4.40. The lowest BCUT2D eigenvalue weighted by Gasteiger charge is -2.09. The Morgan fingerprint density at radius 3 is 2.78 bits per heavy atom. The Labute approximate surface area is 129 Å². The second kappa shape index (κ2) is 5.75. The number of aromatic nitrogens is 2.